The van der Waals surface area contributed by atoms with Gasteiger partial charge in [0.1, 0.15) is 6.29 Å². The van der Waals surface area contributed by atoms with Crippen LogP contribution in [-0.2, 0) is 0 Å². The highest BCUT2D eigenvalue weighted by Crippen LogP contribution is 2.12. The number of aryl methyl sites for hydroxylation is 1. The topological polar surface area (TPSA) is 57.5 Å². The number of halogens is 1. The maximum atomic E-state index is 10.6. The number of aldehydes is 1. The molecule has 0 atom stereocenters. The third-order valence-electron chi connectivity index (χ3n) is 1.77. The minimum absolute atomic E-state index is 0.262. The molecule has 68 valence electrons. The average Bonchev–Trinajstić information content (AvgIpc) is 2.01. The van der Waals surface area contributed by atoms with Gasteiger partial charge in [-0.05, 0) is 30.1 Å². The molecule has 0 bridgehead atoms. The molecule has 0 aliphatic rings. The number of hydrogen-bond acceptors (Lipinski definition) is 3. The Morgan fingerprint density at radius 2 is 2.08 bits per heavy atom. The molecule has 0 radical (unpaired) electrons. The third kappa shape index (κ3) is 2.18. The molecular formula is C8H8BBrO3. The first-order valence-corrected chi connectivity index (χ1v) is 4.47. The van der Waals surface area contributed by atoms with Crippen molar-refractivity contribution in [3.8, 4) is 0 Å². The zero-order chi connectivity index (χ0) is 10.0. The normalized spacial score (nSPS) is 9.85. The molecule has 0 saturated carbocycles. The first kappa shape index (κ1) is 10.4. The summed E-state index contributed by atoms with van der Waals surface area (Å²) in [6.45, 7) is 1.71. The Labute approximate surface area is 84.7 Å². The van der Waals surface area contributed by atoms with E-state index in [1.54, 1.807) is 19.1 Å². The Bertz CT molecular complexity index is 338. The first-order valence-electron chi connectivity index (χ1n) is 3.67. The lowest BCUT2D eigenvalue weighted by Gasteiger charge is -2.07. The molecule has 1 rings (SSSR count). The van der Waals surface area contributed by atoms with E-state index in [0.29, 0.717) is 17.4 Å². The van der Waals surface area contributed by atoms with E-state index >= 15 is 0 Å². The molecule has 5 heteroatoms. The van der Waals surface area contributed by atoms with Gasteiger partial charge in [-0.15, -0.1) is 0 Å². The summed E-state index contributed by atoms with van der Waals surface area (Å²) in [5.41, 5.74) is 1.23. The summed E-state index contributed by atoms with van der Waals surface area (Å²) in [5.74, 6) is 0. The van der Waals surface area contributed by atoms with Crippen LogP contribution in [0, 0.1) is 6.92 Å². The highest BCUT2D eigenvalue weighted by molar-refractivity contribution is 9.10. The standard InChI is InChI=1S/C8H8BBrO3/c1-5-2-7(10)3-6(4-11)8(5)9(12)13/h2-4,12-13H,1H3. The van der Waals surface area contributed by atoms with Crippen molar-refractivity contribution in [3.63, 3.8) is 0 Å². The monoisotopic (exact) mass is 242 g/mol. The third-order valence-corrected chi connectivity index (χ3v) is 2.23. The quantitative estimate of drug-likeness (QED) is 0.578. The predicted molar refractivity (Wildman–Crippen MR) is 54.1 cm³/mol. The van der Waals surface area contributed by atoms with Crippen LogP contribution in [-0.4, -0.2) is 23.5 Å². The van der Waals surface area contributed by atoms with E-state index in [9.17, 15) is 4.79 Å². The van der Waals surface area contributed by atoms with E-state index in [1.165, 1.54) is 0 Å². The molecule has 0 amide bonds. The van der Waals surface area contributed by atoms with Gasteiger partial charge in [-0.2, -0.15) is 0 Å². The molecule has 13 heavy (non-hydrogen) atoms. The maximum absolute atomic E-state index is 10.6. The smallest absolute Gasteiger partial charge is 0.423 e. The lowest BCUT2D eigenvalue weighted by molar-refractivity contribution is 0.112. The van der Waals surface area contributed by atoms with Crippen molar-refractivity contribution < 1.29 is 14.8 Å². The van der Waals surface area contributed by atoms with Crippen LogP contribution >= 0.6 is 15.9 Å². The Morgan fingerprint density at radius 1 is 1.46 bits per heavy atom. The fraction of sp³-hybridized carbons (Fsp3) is 0.125. The van der Waals surface area contributed by atoms with Crippen LogP contribution < -0.4 is 5.46 Å². The van der Waals surface area contributed by atoms with Gasteiger partial charge in [0.2, 0.25) is 0 Å². The molecule has 0 fully saturated rings. The molecule has 0 aromatic heterocycles. The molecule has 3 nitrogen and oxygen atoms in total. The zero-order valence-corrected chi connectivity index (χ0v) is 8.58. The second-order valence-corrected chi connectivity index (χ2v) is 3.63. The predicted octanol–water partition coefficient (Wildman–Crippen LogP) is 0.250. The number of hydrogen-bond donors (Lipinski definition) is 2. The Morgan fingerprint density at radius 3 is 2.54 bits per heavy atom. The van der Waals surface area contributed by atoms with Gasteiger partial charge >= 0.3 is 7.12 Å². The largest absolute Gasteiger partial charge is 0.489 e. The summed E-state index contributed by atoms with van der Waals surface area (Å²) < 4.78 is 0.747. The zero-order valence-electron chi connectivity index (χ0n) is 6.99. The van der Waals surface area contributed by atoms with Gasteiger partial charge in [-0.3, -0.25) is 4.79 Å². The van der Waals surface area contributed by atoms with E-state index in [4.69, 9.17) is 10.0 Å². The average molecular weight is 243 g/mol. The van der Waals surface area contributed by atoms with Crippen molar-refractivity contribution in [3.05, 3.63) is 27.7 Å². The molecule has 1 aromatic carbocycles. The number of benzene rings is 1. The first-order chi connectivity index (χ1) is 6.06. The molecule has 2 N–H and O–H groups in total. The van der Waals surface area contributed by atoms with Gasteiger partial charge in [0.05, 0.1) is 0 Å². The van der Waals surface area contributed by atoms with Gasteiger partial charge in [0.15, 0.2) is 0 Å². The molecule has 0 spiro atoms. The minimum atomic E-state index is -1.60. The highest BCUT2D eigenvalue weighted by Gasteiger charge is 2.18. The van der Waals surface area contributed by atoms with E-state index in [-0.39, 0.29) is 5.46 Å². The van der Waals surface area contributed by atoms with Crippen LogP contribution in [0.4, 0.5) is 0 Å². The number of carbonyl (C=O) groups excluding carboxylic acids is 1. The van der Waals surface area contributed by atoms with E-state index in [0.717, 1.165) is 4.47 Å². The lowest BCUT2D eigenvalue weighted by atomic mass is 9.74. The molecule has 0 aliphatic carbocycles. The second-order valence-electron chi connectivity index (χ2n) is 2.72. The molecule has 0 heterocycles. The summed E-state index contributed by atoms with van der Waals surface area (Å²) in [7, 11) is -1.60. The van der Waals surface area contributed by atoms with Crippen molar-refractivity contribution in [1.82, 2.24) is 0 Å². The summed E-state index contributed by atoms with van der Waals surface area (Å²) in [4.78, 5) is 10.6. The van der Waals surface area contributed by atoms with Crippen molar-refractivity contribution in [2.75, 3.05) is 0 Å². The summed E-state index contributed by atoms with van der Waals surface area (Å²) in [6, 6.07) is 3.27. The SMILES string of the molecule is Cc1cc(Br)cc(C=O)c1B(O)O. The summed E-state index contributed by atoms with van der Waals surface area (Å²) in [6.07, 6.45) is 0.604. The van der Waals surface area contributed by atoms with E-state index < -0.39 is 7.12 Å². The van der Waals surface area contributed by atoms with Crippen molar-refractivity contribution >= 4 is 34.8 Å². The Balaban J connectivity index is 3.38. The van der Waals surface area contributed by atoms with Crippen LogP contribution in [0.2, 0.25) is 0 Å². The van der Waals surface area contributed by atoms with Crippen molar-refractivity contribution in [1.29, 1.82) is 0 Å². The summed E-state index contributed by atoms with van der Waals surface area (Å²) in [5, 5.41) is 18.0. The maximum Gasteiger partial charge on any atom is 0.489 e. The Hall–Kier alpha value is -0.645. The van der Waals surface area contributed by atoms with Crippen LogP contribution in [0.5, 0.6) is 0 Å². The van der Waals surface area contributed by atoms with Gasteiger partial charge in [-0.1, -0.05) is 15.9 Å². The summed E-state index contributed by atoms with van der Waals surface area (Å²) >= 11 is 3.21. The van der Waals surface area contributed by atoms with Crippen molar-refractivity contribution in [2.45, 2.75) is 6.92 Å². The van der Waals surface area contributed by atoms with Crippen LogP contribution in [0.15, 0.2) is 16.6 Å². The van der Waals surface area contributed by atoms with E-state index in [1.807, 2.05) is 0 Å². The van der Waals surface area contributed by atoms with Crippen LogP contribution in [0.3, 0.4) is 0 Å². The van der Waals surface area contributed by atoms with Gasteiger partial charge in [0, 0.05) is 10.0 Å². The molecule has 0 unspecified atom stereocenters. The van der Waals surface area contributed by atoms with Gasteiger partial charge < -0.3 is 10.0 Å². The van der Waals surface area contributed by atoms with Crippen molar-refractivity contribution in [2.24, 2.45) is 0 Å². The van der Waals surface area contributed by atoms with Gasteiger partial charge in [-0.25, -0.2) is 0 Å². The number of carbonyl (C=O) groups is 1. The molecule has 0 saturated heterocycles. The fourth-order valence-corrected chi connectivity index (χ4v) is 1.82. The highest BCUT2D eigenvalue weighted by atomic mass is 79.9. The molecule has 0 aliphatic heterocycles. The minimum Gasteiger partial charge on any atom is -0.423 e. The number of rotatable bonds is 2. The molecular weight excluding hydrogens is 235 g/mol. The second kappa shape index (κ2) is 4.04. The fourth-order valence-electron chi connectivity index (χ4n) is 1.23. The van der Waals surface area contributed by atoms with E-state index in [2.05, 4.69) is 15.9 Å². The van der Waals surface area contributed by atoms with Crippen LogP contribution in [0.25, 0.3) is 0 Å². The molecule has 1 aromatic rings. The Kier molecular flexibility index (Phi) is 3.25. The lowest BCUT2D eigenvalue weighted by Crippen LogP contribution is -2.35. The van der Waals surface area contributed by atoms with Gasteiger partial charge in [0.25, 0.3) is 0 Å². The van der Waals surface area contributed by atoms with Crippen LogP contribution in [0.1, 0.15) is 15.9 Å².